The van der Waals surface area contributed by atoms with Gasteiger partial charge < -0.3 is 10.6 Å². The number of hydrogen-bond donors (Lipinski definition) is 2. The quantitative estimate of drug-likeness (QED) is 0.752. The maximum absolute atomic E-state index is 11.2. The number of hydrogen-bond acceptors (Lipinski definition) is 6. The Hall–Kier alpha value is -1.37. The van der Waals surface area contributed by atoms with Gasteiger partial charge in [0.05, 0.1) is 5.75 Å². The molecule has 7 heteroatoms. The van der Waals surface area contributed by atoms with E-state index in [1.807, 2.05) is 0 Å². The zero-order valence-corrected chi connectivity index (χ0v) is 10.2. The number of nitrogens with zero attached hydrogens (tertiary/aromatic N) is 2. The first-order chi connectivity index (χ1) is 7.57. The van der Waals surface area contributed by atoms with Crippen molar-refractivity contribution in [3.63, 3.8) is 0 Å². The predicted molar refractivity (Wildman–Crippen MR) is 64.4 cm³/mol. The van der Waals surface area contributed by atoms with E-state index in [0.29, 0.717) is 18.3 Å². The smallest absolute Gasteiger partial charge is 0.224 e. The molecule has 0 spiro atoms. The minimum Gasteiger partial charge on any atom is -0.369 e. The van der Waals surface area contributed by atoms with Crippen molar-refractivity contribution >= 4 is 21.6 Å². The van der Waals surface area contributed by atoms with Crippen LogP contribution in [0.25, 0.3) is 0 Å². The van der Waals surface area contributed by atoms with E-state index in [9.17, 15) is 8.42 Å². The summed E-state index contributed by atoms with van der Waals surface area (Å²) in [6.07, 6.45) is 1.61. The summed E-state index contributed by atoms with van der Waals surface area (Å²) < 4.78 is 22.5. The lowest BCUT2D eigenvalue weighted by molar-refractivity contribution is 0.597. The first-order valence-corrected chi connectivity index (χ1v) is 6.84. The van der Waals surface area contributed by atoms with E-state index < -0.39 is 9.84 Å². The Morgan fingerprint density at radius 1 is 1.44 bits per heavy atom. The molecule has 0 unspecified atom stereocenters. The minimum atomic E-state index is -2.93. The molecule has 0 bridgehead atoms. The molecule has 1 aromatic rings. The molecule has 0 saturated carbocycles. The SMILES string of the molecule is CCS(=O)(=O)CCNc1ccnc(NC)n1. The molecule has 0 amide bonds. The topological polar surface area (TPSA) is 84.0 Å². The third kappa shape index (κ3) is 4.01. The minimum absolute atomic E-state index is 0.113. The van der Waals surface area contributed by atoms with Crippen LogP contribution in [0.3, 0.4) is 0 Å². The Morgan fingerprint density at radius 2 is 2.19 bits per heavy atom. The fraction of sp³-hybridized carbons (Fsp3) is 0.556. The van der Waals surface area contributed by atoms with Gasteiger partial charge in [0.25, 0.3) is 0 Å². The summed E-state index contributed by atoms with van der Waals surface area (Å²) in [5.41, 5.74) is 0. The summed E-state index contributed by atoms with van der Waals surface area (Å²) in [5, 5.41) is 5.74. The fourth-order valence-electron chi connectivity index (χ4n) is 1.06. The van der Waals surface area contributed by atoms with Crippen LogP contribution in [0.15, 0.2) is 12.3 Å². The van der Waals surface area contributed by atoms with Gasteiger partial charge in [0.2, 0.25) is 5.95 Å². The van der Waals surface area contributed by atoms with Crippen molar-refractivity contribution in [1.82, 2.24) is 9.97 Å². The van der Waals surface area contributed by atoms with Crippen LogP contribution < -0.4 is 10.6 Å². The van der Waals surface area contributed by atoms with Crippen LogP contribution in [0.5, 0.6) is 0 Å². The highest BCUT2D eigenvalue weighted by molar-refractivity contribution is 7.91. The van der Waals surface area contributed by atoms with E-state index in [4.69, 9.17) is 0 Å². The third-order valence-electron chi connectivity index (χ3n) is 2.04. The lowest BCUT2D eigenvalue weighted by Gasteiger charge is -2.06. The van der Waals surface area contributed by atoms with Crippen molar-refractivity contribution in [2.45, 2.75) is 6.92 Å². The van der Waals surface area contributed by atoms with Crippen molar-refractivity contribution in [3.8, 4) is 0 Å². The lowest BCUT2D eigenvalue weighted by Crippen LogP contribution is -2.17. The molecule has 6 nitrogen and oxygen atoms in total. The Labute approximate surface area is 95.4 Å². The van der Waals surface area contributed by atoms with Crippen molar-refractivity contribution in [3.05, 3.63) is 12.3 Å². The molecule has 1 aromatic heterocycles. The molecule has 0 aliphatic rings. The molecule has 0 aliphatic heterocycles. The van der Waals surface area contributed by atoms with Gasteiger partial charge in [0.1, 0.15) is 5.82 Å². The Balaban J connectivity index is 2.49. The Morgan fingerprint density at radius 3 is 2.81 bits per heavy atom. The molecule has 16 heavy (non-hydrogen) atoms. The third-order valence-corrected chi connectivity index (χ3v) is 3.74. The van der Waals surface area contributed by atoms with Crippen molar-refractivity contribution in [2.75, 3.05) is 35.7 Å². The molecular formula is C9H16N4O2S. The molecule has 0 aromatic carbocycles. The summed E-state index contributed by atoms with van der Waals surface area (Å²) in [6, 6.07) is 1.69. The van der Waals surface area contributed by atoms with E-state index in [2.05, 4.69) is 20.6 Å². The first-order valence-electron chi connectivity index (χ1n) is 5.02. The highest BCUT2D eigenvalue weighted by Gasteiger charge is 2.06. The van der Waals surface area contributed by atoms with Gasteiger partial charge in [-0.15, -0.1) is 0 Å². The predicted octanol–water partition coefficient (Wildman–Crippen LogP) is 0.365. The first kappa shape index (κ1) is 12.7. The summed E-state index contributed by atoms with van der Waals surface area (Å²) >= 11 is 0. The molecule has 0 radical (unpaired) electrons. The normalized spacial score (nSPS) is 11.1. The van der Waals surface area contributed by atoms with Crippen LogP contribution >= 0.6 is 0 Å². The van der Waals surface area contributed by atoms with E-state index in [-0.39, 0.29) is 11.5 Å². The zero-order chi connectivity index (χ0) is 12.0. The van der Waals surface area contributed by atoms with Crippen molar-refractivity contribution < 1.29 is 8.42 Å². The standard InChI is InChI=1S/C9H16N4O2S/c1-3-16(14,15)7-6-11-8-4-5-12-9(10-2)13-8/h4-5H,3,6-7H2,1-2H3,(H2,10,11,12,13). The second-order valence-electron chi connectivity index (χ2n) is 3.18. The van der Waals surface area contributed by atoms with Crippen LogP contribution in [-0.4, -0.2) is 43.5 Å². The number of sulfone groups is 1. The number of anilines is 2. The number of rotatable bonds is 6. The van der Waals surface area contributed by atoms with Gasteiger partial charge in [-0.25, -0.2) is 13.4 Å². The largest absolute Gasteiger partial charge is 0.369 e. The van der Waals surface area contributed by atoms with Crippen LogP contribution in [-0.2, 0) is 9.84 Å². The highest BCUT2D eigenvalue weighted by Crippen LogP contribution is 2.04. The van der Waals surface area contributed by atoms with Crippen LogP contribution in [0.1, 0.15) is 6.92 Å². The second-order valence-corrected chi connectivity index (χ2v) is 5.65. The van der Waals surface area contributed by atoms with Crippen LogP contribution in [0, 0.1) is 0 Å². The molecular weight excluding hydrogens is 228 g/mol. The number of nitrogens with one attached hydrogen (secondary N) is 2. The van der Waals surface area contributed by atoms with E-state index in [0.717, 1.165) is 0 Å². The molecule has 90 valence electrons. The van der Waals surface area contributed by atoms with Gasteiger partial charge in [0, 0.05) is 25.5 Å². The molecule has 0 saturated heterocycles. The van der Waals surface area contributed by atoms with Gasteiger partial charge in [0.15, 0.2) is 9.84 Å². The fourth-order valence-corrected chi connectivity index (χ4v) is 1.76. The maximum Gasteiger partial charge on any atom is 0.224 e. The molecule has 1 heterocycles. The van der Waals surface area contributed by atoms with Gasteiger partial charge in [-0.3, -0.25) is 0 Å². The average molecular weight is 244 g/mol. The summed E-state index contributed by atoms with van der Waals surface area (Å²) in [5.74, 6) is 1.40. The second kappa shape index (κ2) is 5.64. The van der Waals surface area contributed by atoms with Crippen molar-refractivity contribution in [1.29, 1.82) is 0 Å². The van der Waals surface area contributed by atoms with Crippen LogP contribution in [0.4, 0.5) is 11.8 Å². The lowest BCUT2D eigenvalue weighted by atomic mass is 10.5. The van der Waals surface area contributed by atoms with E-state index >= 15 is 0 Å². The van der Waals surface area contributed by atoms with Crippen LogP contribution in [0.2, 0.25) is 0 Å². The van der Waals surface area contributed by atoms with Gasteiger partial charge in [-0.05, 0) is 6.07 Å². The average Bonchev–Trinajstić information content (AvgIpc) is 2.29. The van der Waals surface area contributed by atoms with Gasteiger partial charge in [-0.2, -0.15) is 4.98 Å². The number of aromatic nitrogens is 2. The van der Waals surface area contributed by atoms with Gasteiger partial charge in [-0.1, -0.05) is 6.92 Å². The molecule has 0 aliphatic carbocycles. The van der Waals surface area contributed by atoms with Crippen molar-refractivity contribution in [2.24, 2.45) is 0 Å². The summed E-state index contributed by atoms with van der Waals surface area (Å²) in [7, 11) is -1.20. The Bertz CT molecular complexity index is 433. The van der Waals surface area contributed by atoms with Gasteiger partial charge >= 0.3 is 0 Å². The van der Waals surface area contributed by atoms with E-state index in [1.165, 1.54) is 0 Å². The summed E-state index contributed by atoms with van der Waals surface area (Å²) in [6.45, 7) is 2.00. The maximum atomic E-state index is 11.2. The monoisotopic (exact) mass is 244 g/mol. The molecule has 2 N–H and O–H groups in total. The molecule has 0 atom stereocenters. The summed E-state index contributed by atoms with van der Waals surface area (Å²) in [4.78, 5) is 8.06. The van der Waals surface area contributed by atoms with E-state index in [1.54, 1.807) is 26.2 Å². The Kier molecular flexibility index (Phi) is 4.48. The molecule has 0 fully saturated rings. The zero-order valence-electron chi connectivity index (χ0n) is 9.40. The highest BCUT2D eigenvalue weighted by atomic mass is 32.2. The molecule has 1 rings (SSSR count).